The van der Waals surface area contributed by atoms with E-state index in [4.69, 9.17) is 0 Å². The molecule has 0 atom stereocenters. The normalized spacial score (nSPS) is 0. The van der Waals surface area contributed by atoms with E-state index in [9.17, 15) is 0 Å². The molecule has 0 unspecified atom stereocenters. The summed E-state index contributed by atoms with van der Waals surface area (Å²) in [6.07, 6.45) is 0. The second-order valence-corrected chi connectivity index (χ2v) is 0. The quantitative estimate of drug-likeness (QED) is 0.554. The van der Waals surface area contributed by atoms with Crippen LogP contribution in [0.25, 0.3) is 0 Å². The molecular formula is FeO2TaTi+7. The van der Waals surface area contributed by atoms with Crippen molar-refractivity contribution in [3.05, 3.63) is 0 Å². The van der Waals surface area contributed by atoms with Crippen molar-refractivity contribution in [2.45, 2.75) is 0 Å². The zero-order chi connectivity index (χ0) is 0. The van der Waals surface area contributed by atoms with Gasteiger partial charge in [-0.1, -0.05) is 0 Å². The first-order valence-corrected chi connectivity index (χ1v) is 0. The molecule has 0 N–H and O–H groups in total. The Morgan fingerprint density at radius 2 is 0.800 bits per heavy atom. The molecule has 2 nitrogen and oxygen atoms in total. The fourth-order valence-electron chi connectivity index (χ4n) is 0. The SMILES string of the molecule is [Fe+2].[O-2].[O-2].[Ta+5].[Ti+4]. The molecule has 0 saturated heterocycles. The molecule has 0 aromatic carbocycles. The minimum absolute atomic E-state index is 0. The topological polar surface area (TPSA) is 57.0 Å². The summed E-state index contributed by atoms with van der Waals surface area (Å²) in [6.45, 7) is 0. The Kier molecular flexibility index (Phi) is 525. The largest absolute Gasteiger partial charge is 5.00 e. The van der Waals surface area contributed by atoms with Gasteiger partial charge in [-0.25, -0.2) is 0 Å². The van der Waals surface area contributed by atoms with E-state index in [-0.39, 0.29) is 72.1 Å². The van der Waals surface area contributed by atoms with Gasteiger partial charge in [-0.15, -0.1) is 0 Å². The Bertz CT molecular complexity index is 9.61. The second kappa shape index (κ2) is 39.4. The first-order chi connectivity index (χ1) is 0. The van der Waals surface area contributed by atoms with E-state index >= 15 is 0 Å². The summed E-state index contributed by atoms with van der Waals surface area (Å²) in [5.41, 5.74) is 0. The van der Waals surface area contributed by atoms with E-state index in [1.54, 1.807) is 0 Å². The first-order valence-electron chi connectivity index (χ1n) is 0. The molecule has 0 aliphatic heterocycles. The summed E-state index contributed by atoms with van der Waals surface area (Å²) in [6, 6.07) is 0. The van der Waals surface area contributed by atoms with Gasteiger partial charge in [0.05, 0.1) is 0 Å². The number of rotatable bonds is 0. The monoisotopic (exact) mass is 317 g/mol. The minimum Gasteiger partial charge on any atom is -2.00 e. The molecule has 0 aromatic heterocycles. The molecule has 5 heteroatoms. The standard InChI is InChI=1S/Fe.2O.Ta.Ti/q+2;2*-2;+5;+4. The maximum atomic E-state index is 0. The Balaban J connectivity index is 0. The number of hydrogen-bond donors (Lipinski definition) is 0. The fourth-order valence-corrected chi connectivity index (χ4v) is 0. The van der Waals surface area contributed by atoms with Crippen molar-refractivity contribution < 1.29 is 72.1 Å². The molecule has 0 rings (SSSR count). The van der Waals surface area contributed by atoms with E-state index in [0.717, 1.165) is 0 Å². The van der Waals surface area contributed by atoms with Crippen molar-refractivity contribution in [1.29, 1.82) is 0 Å². The van der Waals surface area contributed by atoms with Crippen LogP contribution in [0.3, 0.4) is 0 Å². The van der Waals surface area contributed by atoms with Gasteiger partial charge in [0.2, 0.25) is 0 Å². The van der Waals surface area contributed by atoms with Crippen LogP contribution in [-0.4, -0.2) is 0 Å². The molecule has 0 aromatic rings. The van der Waals surface area contributed by atoms with Gasteiger partial charge in [-0.05, 0) is 0 Å². The summed E-state index contributed by atoms with van der Waals surface area (Å²) in [4.78, 5) is 0. The van der Waals surface area contributed by atoms with Crippen LogP contribution in [0, 0.1) is 0 Å². The molecule has 0 spiro atoms. The fraction of sp³-hybridized carbons (Fsp3) is 0. The van der Waals surface area contributed by atoms with E-state index < -0.39 is 0 Å². The van der Waals surface area contributed by atoms with Crippen molar-refractivity contribution in [1.82, 2.24) is 0 Å². The molecule has 0 saturated carbocycles. The Labute approximate surface area is 71.6 Å². The van der Waals surface area contributed by atoms with Crippen LogP contribution in [0.5, 0.6) is 0 Å². The second-order valence-electron chi connectivity index (χ2n) is 0. The summed E-state index contributed by atoms with van der Waals surface area (Å²) < 4.78 is 0. The molecule has 0 bridgehead atoms. The third-order valence-electron chi connectivity index (χ3n) is 0. The Hall–Kier alpha value is 1.89. The predicted octanol–water partition coefficient (Wildman–Crippen LogP) is -0.245. The van der Waals surface area contributed by atoms with Gasteiger partial charge in [-0.3, -0.25) is 0 Å². The van der Waals surface area contributed by atoms with E-state index in [0.29, 0.717) is 0 Å². The van der Waals surface area contributed by atoms with Gasteiger partial charge in [0.15, 0.2) is 0 Å². The van der Waals surface area contributed by atoms with E-state index in [1.165, 1.54) is 0 Å². The number of hydrogen-bond acceptors (Lipinski definition) is 0. The maximum absolute atomic E-state index is 0. The molecule has 0 amide bonds. The summed E-state index contributed by atoms with van der Waals surface area (Å²) in [5.74, 6) is 0. The van der Waals surface area contributed by atoms with Crippen molar-refractivity contribution >= 4 is 0 Å². The van der Waals surface area contributed by atoms with Crippen LogP contribution in [0.4, 0.5) is 0 Å². The summed E-state index contributed by atoms with van der Waals surface area (Å²) in [5, 5.41) is 0. The first kappa shape index (κ1) is 66.8. The smallest absolute Gasteiger partial charge is 2.00 e. The van der Waals surface area contributed by atoms with Crippen LogP contribution in [0.2, 0.25) is 0 Å². The predicted molar refractivity (Wildman–Crippen MR) is 1.37 cm³/mol. The van der Waals surface area contributed by atoms with Crippen LogP contribution in [0.1, 0.15) is 0 Å². The molecule has 0 heterocycles. The zero-order valence-corrected chi connectivity index (χ0v) is 8.00. The maximum Gasteiger partial charge on any atom is 5.00 e. The van der Waals surface area contributed by atoms with Crippen LogP contribution < -0.4 is 0 Å². The van der Waals surface area contributed by atoms with Crippen molar-refractivity contribution in [3.8, 4) is 0 Å². The van der Waals surface area contributed by atoms with Gasteiger partial charge >= 0.3 is 61.2 Å². The van der Waals surface area contributed by atoms with Crippen LogP contribution >= 0.6 is 0 Å². The summed E-state index contributed by atoms with van der Waals surface area (Å²) in [7, 11) is 0. The Morgan fingerprint density at radius 3 is 0.800 bits per heavy atom. The molecule has 0 fully saturated rings. The molecule has 5 heavy (non-hydrogen) atoms. The average molecular weight is 317 g/mol. The zero-order valence-electron chi connectivity index (χ0n) is 2.12. The molecule has 0 aliphatic rings. The molecule has 22 valence electrons. The summed E-state index contributed by atoms with van der Waals surface area (Å²) >= 11 is 0. The van der Waals surface area contributed by atoms with Gasteiger partial charge in [0, 0.05) is 0 Å². The van der Waals surface area contributed by atoms with E-state index in [2.05, 4.69) is 0 Å². The Morgan fingerprint density at radius 1 is 0.800 bits per heavy atom. The van der Waals surface area contributed by atoms with Crippen molar-refractivity contribution in [2.24, 2.45) is 0 Å². The van der Waals surface area contributed by atoms with Gasteiger partial charge in [0.25, 0.3) is 0 Å². The van der Waals surface area contributed by atoms with Crippen LogP contribution in [0.15, 0.2) is 0 Å². The molecule has 0 radical (unpaired) electrons. The van der Waals surface area contributed by atoms with Gasteiger partial charge in [0.1, 0.15) is 0 Å². The van der Waals surface area contributed by atoms with Crippen molar-refractivity contribution in [2.75, 3.05) is 0 Å². The van der Waals surface area contributed by atoms with Crippen LogP contribution in [-0.2, 0) is 72.1 Å². The molecular weight excluding hydrogens is 317 g/mol. The molecule has 0 aliphatic carbocycles. The minimum atomic E-state index is 0. The third kappa shape index (κ3) is 24.9. The average Bonchev–Trinajstić information content (AvgIpc) is 0. The third-order valence-corrected chi connectivity index (χ3v) is 0. The van der Waals surface area contributed by atoms with Crippen molar-refractivity contribution in [3.63, 3.8) is 0 Å². The van der Waals surface area contributed by atoms with Gasteiger partial charge in [-0.2, -0.15) is 0 Å². The van der Waals surface area contributed by atoms with Gasteiger partial charge < -0.3 is 11.0 Å². The van der Waals surface area contributed by atoms with E-state index in [1.807, 2.05) is 0 Å².